The fraction of sp³-hybridized carbons (Fsp3) is 0.476. The highest BCUT2D eigenvalue weighted by atomic mass is 19.4. The molecule has 4 rings (SSSR count). The van der Waals surface area contributed by atoms with Gasteiger partial charge in [-0.1, -0.05) is 25.3 Å². The maximum Gasteiger partial charge on any atom is 0.416 e. The Morgan fingerprint density at radius 3 is 2.33 bits per heavy atom. The Kier molecular flexibility index (Phi) is 7.86. The number of fused-ring (bicyclic) bond motifs is 1. The third-order valence-corrected chi connectivity index (χ3v) is 4.76. The van der Waals surface area contributed by atoms with Crippen LogP contribution in [0.2, 0.25) is 0 Å². The van der Waals surface area contributed by atoms with Gasteiger partial charge in [0.05, 0.1) is 5.56 Å². The lowest BCUT2D eigenvalue weighted by molar-refractivity contribution is -0.137. The molecule has 4 amide bonds. The molecule has 6 nitrogen and oxygen atoms in total. The number of rotatable bonds is 3. The number of nitrogens with zero attached hydrogens (tertiary/aromatic N) is 1. The van der Waals surface area contributed by atoms with Gasteiger partial charge in [0.15, 0.2) is 0 Å². The molecule has 2 heterocycles. The first kappa shape index (κ1) is 23.3. The standard InChI is InChI=1S/C16H16F3N3O3.C3H6.C2H2/c17-16(18,19)11-2-1-9-5-6-22(8-10(9)7-11)13(23)4-3-12-14(24)21-15(25)20-12;1-2-3-1;1-2/h1-2,7,12H,3-6,8H2,(H2,20,21,24,25);1-3H2;1-2H/t12-;;/m1../s1. The Labute approximate surface area is 173 Å². The van der Waals surface area contributed by atoms with Gasteiger partial charge in [-0.2, -0.15) is 13.2 Å². The lowest BCUT2D eigenvalue weighted by Gasteiger charge is -2.29. The number of carbonyl (C=O) groups excluding carboxylic acids is 3. The zero-order valence-corrected chi connectivity index (χ0v) is 16.4. The van der Waals surface area contributed by atoms with E-state index in [1.54, 1.807) is 0 Å². The fourth-order valence-corrected chi connectivity index (χ4v) is 3.03. The first-order chi connectivity index (χ1) is 14.2. The number of hydrogen-bond donors (Lipinski definition) is 2. The third-order valence-electron chi connectivity index (χ3n) is 4.76. The fourth-order valence-electron chi connectivity index (χ4n) is 3.03. The Bertz CT molecular complexity index is 816. The van der Waals surface area contributed by atoms with Crippen molar-refractivity contribution in [1.82, 2.24) is 15.5 Å². The van der Waals surface area contributed by atoms with E-state index in [1.807, 2.05) is 0 Å². The molecule has 2 N–H and O–H groups in total. The molecule has 0 unspecified atom stereocenters. The molecule has 0 spiro atoms. The second-order valence-corrected chi connectivity index (χ2v) is 7.16. The summed E-state index contributed by atoms with van der Waals surface area (Å²) in [6, 6.07) is 2.26. The summed E-state index contributed by atoms with van der Waals surface area (Å²) in [4.78, 5) is 36.3. The number of alkyl halides is 3. The van der Waals surface area contributed by atoms with Crippen LogP contribution in [0.1, 0.15) is 48.8 Å². The second kappa shape index (κ2) is 10.1. The largest absolute Gasteiger partial charge is 0.416 e. The number of carbonyl (C=O) groups is 3. The van der Waals surface area contributed by atoms with Crippen LogP contribution in [0.4, 0.5) is 18.0 Å². The van der Waals surface area contributed by atoms with Crippen molar-refractivity contribution >= 4 is 17.8 Å². The molecule has 1 saturated heterocycles. The van der Waals surface area contributed by atoms with E-state index in [1.165, 1.54) is 30.2 Å². The summed E-state index contributed by atoms with van der Waals surface area (Å²) in [5.41, 5.74) is 0.562. The number of benzene rings is 1. The number of halogens is 3. The molecule has 9 heteroatoms. The van der Waals surface area contributed by atoms with Crippen molar-refractivity contribution < 1.29 is 27.6 Å². The second-order valence-electron chi connectivity index (χ2n) is 7.16. The van der Waals surface area contributed by atoms with Crippen LogP contribution in [0.5, 0.6) is 0 Å². The quantitative estimate of drug-likeness (QED) is 0.580. The van der Waals surface area contributed by atoms with Crippen LogP contribution in [0, 0.1) is 12.8 Å². The maximum atomic E-state index is 12.8. The molecule has 1 aromatic carbocycles. The number of nitrogens with one attached hydrogen (secondary N) is 2. The Balaban J connectivity index is 0.000000573. The molecular weight excluding hydrogens is 399 g/mol. The Hall–Kier alpha value is -3.02. The predicted molar refractivity (Wildman–Crippen MR) is 104 cm³/mol. The molecule has 1 aliphatic carbocycles. The minimum absolute atomic E-state index is 0.0344. The van der Waals surface area contributed by atoms with E-state index in [0.717, 1.165) is 17.7 Å². The van der Waals surface area contributed by atoms with Crippen molar-refractivity contribution in [1.29, 1.82) is 0 Å². The molecule has 30 heavy (non-hydrogen) atoms. The highest BCUT2D eigenvalue weighted by Gasteiger charge is 2.33. The van der Waals surface area contributed by atoms with Crippen LogP contribution in [0.3, 0.4) is 0 Å². The van der Waals surface area contributed by atoms with Crippen LogP contribution in [0.25, 0.3) is 0 Å². The molecule has 1 atom stereocenters. The zero-order chi connectivity index (χ0) is 22.3. The first-order valence-corrected chi connectivity index (χ1v) is 9.65. The van der Waals surface area contributed by atoms with Crippen LogP contribution >= 0.6 is 0 Å². The Morgan fingerprint density at radius 2 is 1.80 bits per heavy atom. The van der Waals surface area contributed by atoms with Gasteiger partial charge in [-0.05, 0) is 36.1 Å². The van der Waals surface area contributed by atoms with E-state index in [4.69, 9.17) is 0 Å². The number of amides is 4. The molecule has 0 bridgehead atoms. The summed E-state index contributed by atoms with van der Waals surface area (Å²) in [6.07, 6.45) is 8.75. The van der Waals surface area contributed by atoms with Crippen molar-refractivity contribution in [2.24, 2.45) is 0 Å². The number of hydrogen-bond acceptors (Lipinski definition) is 3. The monoisotopic (exact) mass is 423 g/mol. The normalized spacial score (nSPS) is 19.2. The molecule has 2 aliphatic heterocycles. The van der Waals surface area contributed by atoms with Gasteiger partial charge in [-0.3, -0.25) is 14.9 Å². The maximum absolute atomic E-state index is 12.8. The molecule has 1 aromatic rings. The van der Waals surface area contributed by atoms with Crippen molar-refractivity contribution in [3.05, 3.63) is 34.9 Å². The molecular formula is C21H24F3N3O3. The van der Waals surface area contributed by atoms with Gasteiger partial charge < -0.3 is 10.2 Å². The van der Waals surface area contributed by atoms with E-state index in [0.29, 0.717) is 18.5 Å². The lowest BCUT2D eigenvalue weighted by Crippen LogP contribution is -2.37. The first-order valence-electron chi connectivity index (χ1n) is 9.65. The van der Waals surface area contributed by atoms with Crippen LogP contribution < -0.4 is 10.6 Å². The molecule has 162 valence electrons. The smallest absolute Gasteiger partial charge is 0.338 e. The minimum atomic E-state index is -4.42. The van der Waals surface area contributed by atoms with Crippen LogP contribution in [-0.2, 0) is 28.7 Å². The van der Waals surface area contributed by atoms with Crippen molar-refractivity contribution in [2.45, 2.75) is 57.3 Å². The summed E-state index contributed by atoms with van der Waals surface area (Å²) >= 11 is 0. The third kappa shape index (κ3) is 6.51. The summed E-state index contributed by atoms with van der Waals surface area (Å²) in [7, 11) is 0. The lowest BCUT2D eigenvalue weighted by atomic mass is 9.96. The number of urea groups is 1. The highest BCUT2D eigenvalue weighted by Crippen LogP contribution is 2.32. The van der Waals surface area contributed by atoms with Crippen molar-refractivity contribution in [3.63, 3.8) is 0 Å². The van der Waals surface area contributed by atoms with Crippen LogP contribution in [-0.4, -0.2) is 35.3 Å². The SMILES string of the molecule is C#C.C1CC1.O=C1NC(=O)[C@@H](CCC(=O)N2CCc3ccc(C(F)(F)F)cc3C2)N1. The van der Waals surface area contributed by atoms with E-state index in [-0.39, 0.29) is 25.3 Å². The van der Waals surface area contributed by atoms with Gasteiger partial charge >= 0.3 is 12.2 Å². The van der Waals surface area contributed by atoms with Gasteiger partial charge in [-0.25, -0.2) is 4.79 Å². The highest BCUT2D eigenvalue weighted by molar-refractivity contribution is 6.04. The van der Waals surface area contributed by atoms with Gasteiger partial charge in [-0.15, -0.1) is 12.8 Å². The van der Waals surface area contributed by atoms with Crippen molar-refractivity contribution in [2.75, 3.05) is 6.54 Å². The zero-order valence-electron chi connectivity index (χ0n) is 16.4. The molecule has 2 fully saturated rings. The van der Waals surface area contributed by atoms with E-state index < -0.39 is 29.7 Å². The molecule has 0 radical (unpaired) electrons. The van der Waals surface area contributed by atoms with E-state index in [2.05, 4.69) is 23.5 Å². The van der Waals surface area contributed by atoms with Crippen molar-refractivity contribution in [3.8, 4) is 12.8 Å². The average molecular weight is 423 g/mol. The molecule has 1 saturated carbocycles. The van der Waals surface area contributed by atoms with Gasteiger partial charge in [0.2, 0.25) is 5.91 Å². The molecule has 0 aromatic heterocycles. The molecule has 3 aliphatic rings. The number of imide groups is 1. The minimum Gasteiger partial charge on any atom is -0.338 e. The van der Waals surface area contributed by atoms with E-state index in [9.17, 15) is 27.6 Å². The van der Waals surface area contributed by atoms with E-state index >= 15 is 0 Å². The summed E-state index contributed by atoms with van der Waals surface area (Å²) in [6.45, 7) is 0.529. The number of terminal acetylenes is 1. The van der Waals surface area contributed by atoms with Gasteiger partial charge in [0, 0.05) is 19.5 Å². The topological polar surface area (TPSA) is 78.5 Å². The summed E-state index contributed by atoms with van der Waals surface area (Å²) < 4.78 is 38.5. The summed E-state index contributed by atoms with van der Waals surface area (Å²) in [5.74, 6) is -0.728. The van der Waals surface area contributed by atoms with Gasteiger partial charge in [0.25, 0.3) is 5.91 Å². The Morgan fingerprint density at radius 1 is 1.13 bits per heavy atom. The van der Waals surface area contributed by atoms with Gasteiger partial charge in [0.1, 0.15) is 6.04 Å². The average Bonchev–Trinajstić information content (AvgIpc) is 3.56. The predicted octanol–water partition coefficient (Wildman–Crippen LogP) is 3.00. The van der Waals surface area contributed by atoms with Crippen LogP contribution in [0.15, 0.2) is 18.2 Å². The summed E-state index contributed by atoms with van der Waals surface area (Å²) in [5, 5.41) is 4.49.